The van der Waals surface area contributed by atoms with Crippen molar-refractivity contribution in [3.8, 4) is 5.75 Å². The van der Waals surface area contributed by atoms with Crippen LogP contribution >= 0.6 is 0 Å². The third kappa shape index (κ3) is 5.21. The minimum Gasteiger partial charge on any atom is -0.497 e. The number of methoxy groups -OCH3 is 1. The monoisotopic (exact) mass is 390 g/mol. The Morgan fingerprint density at radius 3 is 2.43 bits per heavy atom. The molecule has 2 rings (SSSR count). The quantitative estimate of drug-likeness (QED) is 0.521. The van der Waals surface area contributed by atoms with Crippen LogP contribution in [0.5, 0.6) is 5.75 Å². The second-order valence-corrected chi connectivity index (χ2v) is 6.73. The molecule has 0 spiro atoms. The third-order valence-electron chi connectivity index (χ3n) is 4.54. The molecule has 1 aliphatic rings. The van der Waals surface area contributed by atoms with Gasteiger partial charge < -0.3 is 20.7 Å². The summed E-state index contributed by atoms with van der Waals surface area (Å²) in [6.45, 7) is 3.23. The number of nitrogens with zero attached hydrogens (tertiary/aromatic N) is 1. The number of urea groups is 1. The number of hydrogen-bond acceptors (Lipinski definition) is 5. The molecule has 28 heavy (non-hydrogen) atoms. The lowest BCUT2D eigenvalue weighted by atomic mass is 9.93. The predicted molar refractivity (Wildman–Crippen MR) is 102 cm³/mol. The summed E-state index contributed by atoms with van der Waals surface area (Å²) in [6, 6.07) is 6.85. The molecule has 0 bridgehead atoms. The van der Waals surface area contributed by atoms with Gasteiger partial charge in [0.1, 0.15) is 17.8 Å². The number of nitrogens with one attached hydrogen (secondary N) is 3. The van der Waals surface area contributed by atoms with Crippen LogP contribution in [0.4, 0.5) is 4.79 Å². The topological polar surface area (TPSA) is 117 Å². The summed E-state index contributed by atoms with van der Waals surface area (Å²) in [5.41, 5.74) is -0.0844. The Kier molecular flexibility index (Phi) is 6.97. The van der Waals surface area contributed by atoms with Gasteiger partial charge in [0.05, 0.1) is 13.7 Å². The number of imide groups is 1. The number of rotatable bonds is 9. The average Bonchev–Trinajstić information content (AvgIpc) is 2.89. The largest absolute Gasteiger partial charge is 0.497 e. The van der Waals surface area contributed by atoms with E-state index in [1.165, 1.54) is 0 Å². The number of aryl methyl sites for hydroxylation is 1. The smallest absolute Gasteiger partial charge is 0.325 e. The normalized spacial score (nSPS) is 18.6. The maximum atomic E-state index is 12.7. The van der Waals surface area contributed by atoms with Gasteiger partial charge in [-0.25, -0.2) is 4.79 Å². The molecule has 1 aromatic carbocycles. The Balaban J connectivity index is 1.91. The molecule has 1 atom stereocenters. The van der Waals surface area contributed by atoms with E-state index in [4.69, 9.17) is 4.74 Å². The van der Waals surface area contributed by atoms with Crippen LogP contribution in [0.15, 0.2) is 24.3 Å². The minimum atomic E-state index is -1.09. The highest BCUT2D eigenvalue weighted by atomic mass is 16.5. The molecule has 1 fully saturated rings. The van der Waals surface area contributed by atoms with Crippen LogP contribution in [-0.2, 0) is 20.8 Å². The van der Waals surface area contributed by atoms with E-state index in [1.54, 1.807) is 21.0 Å². The highest BCUT2D eigenvalue weighted by molar-refractivity contribution is 6.08. The zero-order valence-electron chi connectivity index (χ0n) is 16.3. The van der Waals surface area contributed by atoms with Gasteiger partial charge in [-0.2, -0.15) is 0 Å². The summed E-state index contributed by atoms with van der Waals surface area (Å²) >= 11 is 0. The standard InChI is InChI=1S/C19H26N4O5/c1-4-20-15(24)11-21-16(25)12-23-17(26)19(2,22-18(23)27)10-9-13-5-7-14(28-3)8-6-13/h5-8H,4,9-12H2,1-3H3,(H,20,24)(H,21,25)(H,22,27)/t19-/m0/s1. The first-order valence-corrected chi connectivity index (χ1v) is 9.09. The maximum Gasteiger partial charge on any atom is 0.325 e. The van der Waals surface area contributed by atoms with E-state index in [0.29, 0.717) is 19.4 Å². The highest BCUT2D eigenvalue weighted by Gasteiger charge is 2.47. The van der Waals surface area contributed by atoms with Crippen LogP contribution in [0.3, 0.4) is 0 Å². The fourth-order valence-electron chi connectivity index (χ4n) is 2.88. The first kappa shape index (κ1) is 21.2. The summed E-state index contributed by atoms with van der Waals surface area (Å²) in [6.07, 6.45) is 0.963. The molecular formula is C19H26N4O5. The zero-order valence-corrected chi connectivity index (χ0v) is 16.3. The molecule has 9 heteroatoms. The van der Waals surface area contributed by atoms with Crippen molar-refractivity contribution in [2.24, 2.45) is 0 Å². The summed E-state index contributed by atoms with van der Waals surface area (Å²) in [5, 5.41) is 7.60. The van der Waals surface area contributed by atoms with Crippen LogP contribution in [0.2, 0.25) is 0 Å². The van der Waals surface area contributed by atoms with Gasteiger partial charge in [0.2, 0.25) is 11.8 Å². The molecule has 1 aromatic rings. The van der Waals surface area contributed by atoms with Crippen LogP contribution < -0.4 is 20.7 Å². The van der Waals surface area contributed by atoms with Crippen molar-refractivity contribution in [2.45, 2.75) is 32.2 Å². The number of ether oxygens (including phenoxy) is 1. The van der Waals surface area contributed by atoms with Gasteiger partial charge in [0.15, 0.2) is 0 Å². The van der Waals surface area contributed by atoms with Crippen LogP contribution in [0.1, 0.15) is 25.8 Å². The second-order valence-electron chi connectivity index (χ2n) is 6.73. The molecular weight excluding hydrogens is 364 g/mol. The molecule has 0 radical (unpaired) electrons. The van der Waals surface area contributed by atoms with Crippen LogP contribution in [-0.4, -0.2) is 60.9 Å². The van der Waals surface area contributed by atoms with E-state index in [-0.39, 0.29) is 12.5 Å². The molecule has 1 heterocycles. The third-order valence-corrected chi connectivity index (χ3v) is 4.54. The Morgan fingerprint density at radius 1 is 1.14 bits per heavy atom. The van der Waals surface area contributed by atoms with Crippen LogP contribution in [0.25, 0.3) is 0 Å². The van der Waals surface area contributed by atoms with E-state index in [9.17, 15) is 19.2 Å². The molecule has 0 unspecified atom stereocenters. The van der Waals surface area contributed by atoms with Gasteiger partial charge in [-0.05, 0) is 44.4 Å². The molecule has 0 saturated carbocycles. The van der Waals surface area contributed by atoms with Crippen molar-refractivity contribution in [1.29, 1.82) is 0 Å². The fraction of sp³-hybridized carbons (Fsp3) is 0.474. The lowest BCUT2D eigenvalue weighted by Crippen LogP contribution is -2.46. The molecule has 5 amide bonds. The Morgan fingerprint density at radius 2 is 1.82 bits per heavy atom. The molecule has 3 N–H and O–H groups in total. The van der Waals surface area contributed by atoms with E-state index in [0.717, 1.165) is 16.2 Å². The van der Waals surface area contributed by atoms with Crippen molar-refractivity contribution >= 4 is 23.8 Å². The molecule has 1 saturated heterocycles. The van der Waals surface area contributed by atoms with E-state index < -0.39 is 29.9 Å². The Hall–Kier alpha value is -3.10. The Labute approximate surface area is 163 Å². The number of carbonyl (C=O) groups is 4. The van der Waals surface area contributed by atoms with Gasteiger partial charge in [0, 0.05) is 6.54 Å². The number of hydrogen-bond donors (Lipinski definition) is 3. The van der Waals surface area contributed by atoms with Gasteiger partial charge in [0.25, 0.3) is 5.91 Å². The van der Waals surface area contributed by atoms with Gasteiger partial charge >= 0.3 is 6.03 Å². The van der Waals surface area contributed by atoms with Crippen molar-refractivity contribution in [2.75, 3.05) is 26.7 Å². The van der Waals surface area contributed by atoms with E-state index in [2.05, 4.69) is 16.0 Å². The first-order chi connectivity index (χ1) is 13.3. The summed E-state index contributed by atoms with van der Waals surface area (Å²) < 4.78 is 5.12. The zero-order chi connectivity index (χ0) is 20.7. The summed E-state index contributed by atoms with van der Waals surface area (Å²) in [4.78, 5) is 49.1. The maximum absolute atomic E-state index is 12.7. The SMILES string of the molecule is CCNC(=O)CNC(=O)CN1C(=O)N[C@@](C)(CCc2ccc(OC)cc2)C1=O. The van der Waals surface area contributed by atoms with Crippen molar-refractivity contribution in [3.63, 3.8) is 0 Å². The number of amides is 5. The first-order valence-electron chi connectivity index (χ1n) is 9.09. The lowest BCUT2D eigenvalue weighted by molar-refractivity contribution is -0.135. The number of likely N-dealkylation sites (N-methyl/N-ethyl adjacent to an activating group) is 1. The number of benzene rings is 1. The fourth-order valence-corrected chi connectivity index (χ4v) is 2.88. The summed E-state index contributed by atoms with van der Waals surface area (Å²) in [7, 11) is 1.59. The van der Waals surface area contributed by atoms with Gasteiger partial charge in [-0.1, -0.05) is 12.1 Å². The Bertz CT molecular complexity index is 749. The predicted octanol–water partition coefficient (Wildman–Crippen LogP) is 0.191. The lowest BCUT2D eigenvalue weighted by Gasteiger charge is -2.21. The second kappa shape index (κ2) is 9.20. The molecule has 0 aliphatic carbocycles. The minimum absolute atomic E-state index is 0.203. The van der Waals surface area contributed by atoms with E-state index in [1.807, 2.05) is 24.3 Å². The van der Waals surface area contributed by atoms with Crippen molar-refractivity contribution < 1.29 is 23.9 Å². The van der Waals surface area contributed by atoms with Crippen LogP contribution in [0, 0.1) is 0 Å². The molecule has 0 aromatic heterocycles. The molecule has 152 valence electrons. The van der Waals surface area contributed by atoms with Crippen molar-refractivity contribution in [3.05, 3.63) is 29.8 Å². The van der Waals surface area contributed by atoms with E-state index >= 15 is 0 Å². The number of carbonyl (C=O) groups excluding carboxylic acids is 4. The van der Waals surface area contributed by atoms with Crippen molar-refractivity contribution in [1.82, 2.24) is 20.9 Å². The highest BCUT2D eigenvalue weighted by Crippen LogP contribution is 2.23. The average molecular weight is 390 g/mol. The molecule has 1 aliphatic heterocycles. The van der Waals surface area contributed by atoms with Gasteiger partial charge in [-0.3, -0.25) is 19.3 Å². The molecule has 9 nitrogen and oxygen atoms in total. The van der Waals surface area contributed by atoms with Gasteiger partial charge in [-0.15, -0.1) is 0 Å². The summed E-state index contributed by atoms with van der Waals surface area (Å²) in [5.74, 6) is -0.629.